The molecule has 1 atom stereocenters. The molecule has 0 spiro atoms. The summed E-state index contributed by atoms with van der Waals surface area (Å²) < 4.78 is 32.5. The number of ether oxygens (including phenoxy) is 1. The Labute approximate surface area is 170 Å². The molecule has 1 aromatic rings. The van der Waals surface area contributed by atoms with Crippen LogP contribution in [-0.4, -0.2) is 50.3 Å². The van der Waals surface area contributed by atoms with Crippen molar-refractivity contribution in [1.29, 1.82) is 0 Å². The fraction of sp³-hybridized carbons (Fsp3) is 0.684. The fourth-order valence-corrected chi connectivity index (χ4v) is 7.08. The van der Waals surface area contributed by atoms with E-state index in [4.69, 9.17) is 4.74 Å². The number of aryl methyl sites for hydroxylation is 1. The van der Waals surface area contributed by atoms with Crippen LogP contribution in [0.1, 0.15) is 49.8 Å². The van der Waals surface area contributed by atoms with Crippen LogP contribution >= 0.6 is 11.3 Å². The predicted molar refractivity (Wildman–Crippen MR) is 107 cm³/mol. The molecule has 9 heteroatoms. The van der Waals surface area contributed by atoms with Gasteiger partial charge in [0.25, 0.3) is 10.0 Å². The maximum Gasteiger partial charge on any atom is 0.331 e. The molecule has 2 heterocycles. The molecule has 0 aromatic carbocycles. The Morgan fingerprint density at radius 1 is 1.21 bits per heavy atom. The number of esters is 1. The zero-order chi connectivity index (χ0) is 20.4. The lowest BCUT2D eigenvalue weighted by atomic mass is 9.81. The molecule has 0 bridgehead atoms. The second-order valence-electron chi connectivity index (χ2n) is 7.69. The van der Waals surface area contributed by atoms with Gasteiger partial charge in [-0.05, 0) is 44.7 Å². The Morgan fingerprint density at radius 3 is 2.54 bits per heavy atom. The molecule has 1 aliphatic heterocycles. The number of carbonyl (C=O) groups excluding carboxylic acids is 2. The Kier molecular flexibility index (Phi) is 6.46. The van der Waals surface area contributed by atoms with Gasteiger partial charge in [-0.3, -0.25) is 4.79 Å². The number of piperidine rings is 1. The minimum atomic E-state index is -3.60. The highest BCUT2D eigenvalue weighted by Crippen LogP contribution is 2.32. The van der Waals surface area contributed by atoms with E-state index in [-0.39, 0.29) is 12.5 Å². The number of rotatable bonds is 5. The maximum absolute atomic E-state index is 13.0. The van der Waals surface area contributed by atoms with Gasteiger partial charge in [0.1, 0.15) is 9.75 Å². The van der Waals surface area contributed by atoms with E-state index >= 15 is 0 Å². The van der Waals surface area contributed by atoms with Gasteiger partial charge in [0.15, 0.2) is 0 Å². The van der Waals surface area contributed by atoms with Crippen LogP contribution in [0.15, 0.2) is 16.3 Å². The summed E-state index contributed by atoms with van der Waals surface area (Å²) in [4.78, 5) is 26.3. The summed E-state index contributed by atoms with van der Waals surface area (Å²) in [5.74, 6) is -1.13. The van der Waals surface area contributed by atoms with Crippen LogP contribution < -0.4 is 5.32 Å². The number of methoxy groups -OCH3 is 1. The summed E-state index contributed by atoms with van der Waals surface area (Å²) in [6.07, 6.45) is 5.11. The Bertz CT molecular complexity index is 827. The quantitative estimate of drug-likeness (QED) is 0.727. The standard InChI is InChI=1S/C19H28N2O5S2/c1-14-8-9-16(27-14)28(24,25)21-12-6-7-15(13-21)17(22)20-19(18(23)26-2)10-4-3-5-11-19/h8-9,15H,3-7,10-13H2,1-2H3,(H,20,22). The predicted octanol–water partition coefficient (Wildman–Crippen LogP) is 2.45. The smallest absolute Gasteiger partial charge is 0.331 e. The molecule has 1 aromatic heterocycles. The molecular weight excluding hydrogens is 400 g/mol. The van der Waals surface area contributed by atoms with Crippen molar-refractivity contribution < 1.29 is 22.7 Å². The molecule has 7 nitrogen and oxygen atoms in total. The maximum atomic E-state index is 13.0. The van der Waals surface area contributed by atoms with Gasteiger partial charge in [-0.15, -0.1) is 11.3 Å². The van der Waals surface area contributed by atoms with Crippen LogP contribution in [-0.2, 0) is 24.3 Å². The van der Waals surface area contributed by atoms with E-state index in [1.54, 1.807) is 12.1 Å². The van der Waals surface area contributed by atoms with Gasteiger partial charge in [-0.2, -0.15) is 4.31 Å². The van der Waals surface area contributed by atoms with Crippen molar-refractivity contribution in [1.82, 2.24) is 9.62 Å². The second-order valence-corrected chi connectivity index (χ2v) is 11.1. The number of carbonyl (C=O) groups is 2. The monoisotopic (exact) mass is 428 g/mol. The van der Waals surface area contributed by atoms with Gasteiger partial charge < -0.3 is 10.1 Å². The normalized spacial score (nSPS) is 23.1. The molecule has 1 N–H and O–H groups in total. The van der Waals surface area contributed by atoms with E-state index in [9.17, 15) is 18.0 Å². The summed E-state index contributed by atoms with van der Waals surface area (Å²) in [6, 6.07) is 3.40. The lowest BCUT2D eigenvalue weighted by molar-refractivity contribution is -0.153. The number of amides is 1. The molecule has 2 aliphatic rings. The van der Waals surface area contributed by atoms with E-state index in [0.29, 0.717) is 36.4 Å². The number of thiophene rings is 1. The largest absolute Gasteiger partial charge is 0.467 e. The molecule has 28 heavy (non-hydrogen) atoms. The van der Waals surface area contributed by atoms with Crippen LogP contribution in [0.25, 0.3) is 0 Å². The molecule has 1 saturated carbocycles. The van der Waals surface area contributed by atoms with Crippen molar-refractivity contribution in [2.24, 2.45) is 5.92 Å². The molecule has 2 fully saturated rings. The van der Waals surface area contributed by atoms with Crippen molar-refractivity contribution in [2.45, 2.75) is 61.6 Å². The topological polar surface area (TPSA) is 92.8 Å². The summed E-state index contributed by atoms with van der Waals surface area (Å²) in [5.41, 5.74) is -0.976. The van der Waals surface area contributed by atoms with Gasteiger partial charge in [-0.25, -0.2) is 13.2 Å². The summed E-state index contributed by atoms with van der Waals surface area (Å²) in [6.45, 7) is 2.42. The first kappa shape index (κ1) is 21.3. The van der Waals surface area contributed by atoms with Gasteiger partial charge in [0.05, 0.1) is 13.0 Å². The van der Waals surface area contributed by atoms with E-state index in [0.717, 1.165) is 24.1 Å². The van der Waals surface area contributed by atoms with Crippen molar-refractivity contribution in [3.05, 3.63) is 17.0 Å². The first-order valence-corrected chi connectivity index (χ1v) is 12.0. The number of hydrogen-bond donors (Lipinski definition) is 1. The van der Waals surface area contributed by atoms with Gasteiger partial charge >= 0.3 is 5.97 Å². The highest BCUT2D eigenvalue weighted by Gasteiger charge is 2.44. The summed E-state index contributed by atoms with van der Waals surface area (Å²) in [5, 5.41) is 2.94. The second kappa shape index (κ2) is 8.51. The molecule has 0 radical (unpaired) electrons. The molecule has 1 unspecified atom stereocenters. The van der Waals surface area contributed by atoms with Crippen LogP contribution in [0, 0.1) is 12.8 Å². The number of hydrogen-bond acceptors (Lipinski definition) is 6. The van der Waals surface area contributed by atoms with E-state index < -0.39 is 27.4 Å². The Morgan fingerprint density at radius 2 is 1.93 bits per heavy atom. The molecule has 3 rings (SSSR count). The third-order valence-corrected chi connectivity index (χ3v) is 9.04. The minimum absolute atomic E-state index is 0.141. The minimum Gasteiger partial charge on any atom is -0.467 e. The summed E-state index contributed by atoms with van der Waals surface area (Å²) in [7, 11) is -2.26. The Balaban J connectivity index is 1.73. The third kappa shape index (κ3) is 4.26. The van der Waals surface area contributed by atoms with Crippen LogP contribution in [0.4, 0.5) is 0 Å². The van der Waals surface area contributed by atoms with Crippen molar-refractivity contribution in [2.75, 3.05) is 20.2 Å². The molecule has 1 amide bonds. The molecule has 156 valence electrons. The van der Waals surface area contributed by atoms with Gasteiger partial charge in [-0.1, -0.05) is 19.3 Å². The fourth-order valence-electron chi connectivity index (χ4n) is 4.12. The van der Waals surface area contributed by atoms with E-state index in [1.165, 1.54) is 22.8 Å². The van der Waals surface area contributed by atoms with Crippen molar-refractivity contribution >= 4 is 33.2 Å². The Hall–Kier alpha value is -1.45. The van der Waals surface area contributed by atoms with E-state index in [1.807, 2.05) is 6.92 Å². The highest BCUT2D eigenvalue weighted by atomic mass is 32.2. The average Bonchev–Trinajstić information content (AvgIpc) is 3.15. The molecule has 1 saturated heterocycles. The first-order valence-electron chi connectivity index (χ1n) is 9.75. The van der Waals surface area contributed by atoms with Crippen molar-refractivity contribution in [3.63, 3.8) is 0 Å². The highest BCUT2D eigenvalue weighted by molar-refractivity contribution is 7.91. The van der Waals surface area contributed by atoms with Crippen LogP contribution in [0.3, 0.4) is 0 Å². The zero-order valence-electron chi connectivity index (χ0n) is 16.4. The van der Waals surface area contributed by atoms with Gasteiger partial charge in [0.2, 0.25) is 5.91 Å². The van der Waals surface area contributed by atoms with Crippen LogP contribution in [0.5, 0.6) is 0 Å². The third-order valence-electron chi connectivity index (χ3n) is 5.71. The first-order chi connectivity index (χ1) is 13.3. The number of sulfonamides is 1. The SMILES string of the molecule is COC(=O)C1(NC(=O)C2CCCN(S(=O)(=O)c3ccc(C)s3)C2)CCCCC1. The number of nitrogens with zero attached hydrogens (tertiary/aromatic N) is 1. The lowest BCUT2D eigenvalue weighted by Crippen LogP contribution is -2.58. The van der Waals surface area contributed by atoms with Crippen LogP contribution in [0.2, 0.25) is 0 Å². The van der Waals surface area contributed by atoms with Crippen molar-refractivity contribution in [3.8, 4) is 0 Å². The zero-order valence-corrected chi connectivity index (χ0v) is 18.0. The summed E-state index contributed by atoms with van der Waals surface area (Å²) >= 11 is 1.24. The molecular formula is C19H28N2O5S2. The average molecular weight is 429 g/mol. The van der Waals surface area contributed by atoms with Gasteiger partial charge in [0, 0.05) is 18.0 Å². The lowest BCUT2D eigenvalue weighted by Gasteiger charge is -2.38. The van der Waals surface area contributed by atoms with E-state index in [2.05, 4.69) is 5.32 Å². The molecule has 1 aliphatic carbocycles. The number of nitrogens with one attached hydrogen (secondary N) is 1.